The molecule has 150 valence electrons. The molecule has 2 aromatic carbocycles. The van der Waals surface area contributed by atoms with Crippen LogP contribution in [0.25, 0.3) is 0 Å². The number of ether oxygens (including phenoxy) is 1. The summed E-state index contributed by atoms with van der Waals surface area (Å²) in [5.74, 6) is -1.07. The van der Waals surface area contributed by atoms with E-state index in [4.69, 9.17) is 4.74 Å². The maximum absolute atomic E-state index is 14.4. The average molecular weight is 461 g/mol. The van der Waals surface area contributed by atoms with E-state index in [1.165, 1.54) is 11.0 Å². The van der Waals surface area contributed by atoms with E-state index in [0.29, 0.717) is 17.9 Å². The molecule has 29 heavy (non-hydrogen) atoms. The third-order valence-corrected chi connectivity index (χ3v) is 5.01. The lowest BCUT2D eigenvalue weighted by molar-refractivity contribution is -0.118. The molecule has 0 aliphatic carbocycles. The van der Waals surface area contributed by atoms with Gasteiger partial charge in [-0.3, -0.25) is 9.78 Å². The van der Waals surface area contributed by atoms with Gasteiger partial charge in [0.25, 0.3) is 0 Å². The Kier molecular flexibility index (Phi) is 6.93. The lowest BCUT2D eigenvalue weighted by Gasteiger charge is -2.23. The predicted octanol–water partition coefficient (Wildman–Crippen LogP) is 5.30. The van der Waals surface area contributed by atoms with E-state index in [9.17, 15) is 13.6 Å². The number of aromatic nitrogens is 1. The van der Waals surface area contributed by atoms with Gasteiger partial charge < -0.3 is 9.64 Å². The number of carbonyl (C=O) groups is 1. The van der Waals surface area contributed by atoms with Gasteiger partial charge in [0, 0.05) is 18.7 Å². The SMILES string of the molecule is COc1ccc(CCC(=O)N(Cc2ccccn2)c2ccc(F)cc2F)cc1Br. The highest BCUT2D eigenvalue weighted by Crippen LogP contribution is 2.27. The Balaban J connectivity index is 1.81. The van der Waals surface area contributed by atoms with E-state index >= 15 is 0 Å². The van der Waals surface area contributed by atoms with Crippen molar-refractivity contribution in [3.63, 3.8) is 0 Å². The Hall–Kier alpha value is -2.80. The molecular weight excluding hydrogens is 442 g/mol. The summed E-state index contributed by atoms with van der Waals surface area (Å²) in [4.78, 5) is 18.5. The molecule has 0 bridgehead atoms. The minimum atomic E-state index is -0.790. The quantitative estimate of drug-likeness (QED) is 0.480. The van der Waals surface area contributed by atoms with Gasteiger partial charge in [0.15, 0.2) is 0 Å². The van der Waals surface area contributed by atoms with Crippen LogP contribution in [0.2, 0.25) is 0 Å². The number of hydrogen-bond donors (Lipinski definition) is 0. The molecule has 4 nitrogen and oxygen atoms in total. The van der Waals surface area contributed by atoms with Crippen molar-refractivity contribution in [3.8, 4) is 5.75 Å². The number of rotatable bonds is 7. The van der Waals surface area contributed by atoms with Crippen molar-refractivity contribution >= 4 is 27.5 Å². The van der Waals surface area contributed by atoms with Crippen molar-refractivity contribution < 1.29 is 18.3 Å². The Morgan fingerprint density at radius 1 is 1.14 bits per heavy atom. The smallest absolute Gasteiger partial charge is 0.227 e. The van der Waals surface area contributed by atoms with Gasteiger partial charge in [-0.25, -0.2) is 8.78 Å². The lowest BCUT2D eigenvalue weighted by Crippen LogP contribution is -2.31. The monoisotopic (exact) mass is 460 g/mol. The molecule has 1 aromatic heterocycles. The molecular formula is C22H19BrF2N2O2. The maximum Gasteiger partial charge on any atom is 0.227 e. The third-order valence-electron chi connectivity index (χ3n) is 4.39. The van der Waals surface area contributed by atoms with Crippen molar-refractivity contribution in [2.24, 2.45) is 0 Å². The van der Waals surface area contributed by atoms with Crippen LogP contribution in [0.15, 0.2) is 65.3 Å². The van der Waals surface area contributed by atoms with Crippen LogP contribution in [-0.2, 0) is 17.8 Å². The average Bonchev–Trinajstić information content (AvgIpc) is 2.71. The van der Waals surface area contributed by atoms with Gasteiger partial charge in [0.05, 0.1) is 29.5 Å². The molecule has 3 aromatic rings. The van der Waals surface area contributed by atoms with Crippen LogP contribution in [0.5, 0.6) is 5.75 Å². The summed E-state index contributed by atoms with van der Waals surface area (Å²) in [5, 5.41) is 0. The van der Waals surface area contributed by atoms with Crippen LogP contribution in [0.4, 0.5) is 14.5 Å². The number of nitrogens with zero attached hydrogens (tertiary/aromatic N) is 2. The fourth-order valence-corrected chi connectivity index (χ4v) is 3.50. The predicted molar refractivity (Wildman–Crippen MR) is 111 cm³/mol. The Morgan fingerprint density at radius 2 is 1.97 bits per heavy atom. The molecule has 0 radical (unpaired) electrons. The largest absolute Gasteiger partial charge is 0.496 e. The fraction of sp³-hybridized carbons (Fsp3) is 0.182. The Bertz CT molecular complexity index is 999. The van der Waals surface area contributed by atoms with Gasteiger partial charge >= 0.3 is 0 Å². The number of anilines is 1. The van der Waals surface area contributed by atoms with Crippen LogP contribution in [0.1, 0.15) is 17.7 Å². The molecule has 0 fully saturated rings. The summed E-state index contributed by atoms with van der Waals surface area (Å²) in [7, 11) is 1.58. The van der Waals surface area contributed by atoms with Crippen LogP contribution < -0.4 is 9.64 Å². The number of halogens is 3. The van der Waals surface area contributed by atoms with E-state index in [1.807, 2.05) is 18.2 Å². The van der Waals surface area contributed by atoms with E-state index in [-0.39, 0.29) is 24.6 Å². The highest BCUT2D eigenvalue weighted by molar-refractivity contribution is 9.10. The minimum Gasteiger partial charge on any atom is -0.496 e. The van der Waals surface area contributed by atoms with Crippen molar-refractivity contribution in [3.05, 3.63) is 88.2 Å². The molecule has 0 atom stereocenters. The number of pyridine rings is 1. The second kappa shape index (κ2) is 9.60. The molecule has 0 aliphatic rings. The second-order valence-corrected chi connectivity index (χ2v) is 7.22. The van der Waals surface area contributed by atoms with Crippen LogP contribution in [0, 0.1) is 11.6 Å². The number of benzene rings is 2. The number of amides is 1. The first-order valence-electron chi connectivity index (χ1n) is 8.95. The number of hydrogen-bond acceptors (Lipinski definition) is 3. The molecule has 0 N–H and O–H groups in total. The van der Waals surface area contributed by atoms with Crippen LogP contribution in [0.3, 0.4) is 0 Å². The number of methoxy groups -OCH3 is 1. The minimum absolute atomic E-state index is 0.0259. The zero-order valence-electron chi connectivity index (χ0n) is 15.7. The summed E-state index contributed by atoms with van der Waals surface area (Å²) < 4.78 is 33.7. The van der Waals surface area contributed by atoms with Gasteiger partial charge in [-0.2, -0.15) is 0 Å². The molecule has 1 amide bonds. The van der Waals surface area contributed by atoms with E-state index < -0.39 is 11.6 Å². The molecule has 7 heteroatoms. The van der Waals surface area contributed by atoms with Crippen molar-refractivity contribution in [1.29, 1.82) is 0 Å². The fourth-order valence-electron chi connectivity index (χ4n) is 2.91. The molecule has 0 unspecified atom stereocenters. The summed E-state index contributed by atoms with van der Waals surface area (Å²) in [6.07, 6.45) is 2.22. The normalized spacial score (nSPS) is 10.6. The first-order valence-corrected chi connectivity index (χ1v) is 9.75. The van der Waals surface area contributed by atoms with Crippen molar-refractivity contribution in [2.45, 2.75) is 19.4 Å². The number of carbonyl (C=O) groups excluding carboxylic acids is 1. The standard InChI is InChI=1S/C22H19BrF2N2O2/c1-29-21-9-5-15(12-18(21)23)6-10-22(28)27(14-17-4-2-3-11-26-17)20-8-7-16(24)13-19(20)25/h2-5,7-9,11-13H,6,10,14H2,1H3. The van der Waals surface area contributed by atoms with Gasteiger partial charge in [-0.05, 0) is 64.3 Å². The zero-order chi connectivity index (χ0) is 20.8. The van der Waals surface area contributed by atoms with Gasteiger partial charge in [-0.1, -0.05) is 12.1 Å². The van der Waals surface area contributed by atoms with Gasteiger partial charge in [-0.15, -0.1) is 0 Å². The van der Waals surface area contributed by atoms with E-state index in [1.54, 1.807) is 31.5 Å². The van der Waals surface area contributed by atoms with Gasteiger partial charge in [0.1, 0.15) is 17.4 Å². The molecule has 0 saturated carbocycles. The highest BCUT2D eigenvalue weighted by atomic mass is 79.9. The third kappa shape index (κ3) is 5.38. The summed E-state index contributed by atoms with van der Waals surface area (Å²) in [6, 6.07) is 14.1. The topological polar surface area (TPSA) is 42.4 Å². The molecule has 3 rings (SSSR count). The zero-order valence-corrected chi connectivity index (χ0v) is 17.3. The van der Waals surface area contributed by atoms with Gasteiger partial charge in [0.2, 0.25) is 5.91 Å². The highest BCUT2D eigenvalue weighted by Gasteiger charge is 2.20. The molecule has 0 saturated heterocycles. The summed E-state index contributed by atoms with van der Waals surface area (Å²) >= 11 is 3.43. The van der Waals surface area contributed by atoms with E-state index in [2.05, 4.69) is 20.9 Å². The van der Waals surface area contributed by atoms with E-state index in [0.717, 1.165) is 22.2 Å². The Morgan fingerprint density at radius 3 is 2.62 bits per heavy atom. The number of aryl methyl sites for hydroxylation is 1. The second-order valence-electron chi connectivity index (χ2n) is 6.37. The first kappa shape index (κ1) is 20.9. The van der Waals surface area contributed by atoms with Crippen LogP contribution >= 0.6 is 15.9 Å². The first-order chi connectivity index (χ1) is 14.0. The Labute approximate surface area is 176 Å². The lowest BCUT2D eigenvalue weighted by atomic mass is 10.1. The molecule has 1 heterocycles. The summed E-state index contributed by atoms with van der Waals surface area (Å²) in [6.45, 7) is 0.0918. The molecule has 0 aliphatic heterocycles. The maximum atomic E-state index is 14.4. The van der Waals surface area contributed by atoms with Crippen LogP contribution in [-0.4, -0.2) is 18.0 Å². The van der Waals surface area contributed by atoms with Crippen molar-refractivity contribution in [1.82, 2.24) is 4.98 Å². The van der Waals surface area contributed by atoms with Crippen molar-refractivity contribution in [2.75, 3.05) is 12.0 Å². The molecule has 0 spiro atoms. The summed E-state index contributed by atoms with van der Waals surface area (Å²) in [5.41, 5.74) is 1.57.